The average Bonchev–Trinajstić information content (AvgIpc) is 2.76. The maximum atomic E-state index is 12.1. The molecule has 0 bridgehead atoms. The Hall–Kier alpha value is -1.23. The molecule has 0 radical (unpaired) electrons. The minimum Gasteiger partial charge on any atom is -0.399 e. The lowest BCUT2D eigenvalue weighted by atomic mass is 10.1. The molecule has 1 aromatic heterocycles. The van der Waals surface area contributed by atoms with E-state index in [2.05, 4.69) is 5.32 Å². The summed E-state index contributed by atoms with van der Waals surface area (Å²) in [5.41, 5.74) is 8.60. The Balaban J connectivity index is 2.15. The highest BCUT2D eigenvalue weighted by atomic mass is 35.5. The molecule has 1 heterocycles. The Kier molecular flexibility index (Phi) is 4.34. The highest BCUT2D eigenvalue weighted by molar-refractivity contribution is 7.08. The maximum absolute atomic E-state index is 12.1. The molecule has 0 unspecified atom stereocenters. The fourth-order valence-electron chi connectivity index (χ4n) is 1.61. The molecule has 0 fully saturated rings. The SMILES string of the molecule is Cc1cscc1CNC(=O)c1cc(N)cc(Cl)c1Cl. The molecule has 0 atom stereocenters. The Morgan fingerprint density at radius 1 is 1.37 bits per heavy atom. The molecule has 0 saturated heterocycles. The average molecular weight is 315 g/mol. The first-order chi connectivity index (χ1) is 8.99. The minimum absolute atomic E-state index is 0.218. The second-order valence-electron chi connectivity index (χ2n) is 4.13. The normalized spacial score (nSPS) is 10.5. The van der Waals surface area contributed by atoms with Crippen LogP contribution in [0.5, 0.6) is 0 Å². The van der Waals surface area contributed by atoms with Gasteiger partial charge in [-0.15, -0.1) is 0 Å². The van der Waals surface area contributed by atoms with E-state index in [1.54, 1.807) is 11.3 Å². The summed E-state index contributed by atoms with van der Waals surface area (Å²) >= 11 is 13.5. The summed E-state index contributed by atoms with van der Waals surface area (Å²) in [4.78, 5) is 12.1. The number of benzene rings is 1. The molecular weight excluding hydrogens is 303 g/mol. The van der Waals surface area contributed by atoms with Crippen molar-refractivity contribution in [2.24, 2.45) is 0 Å². The molecule has 0 spiro atoms. The molecule has 6 heteroatoms. The Morgan fingerprint density at radius 3 is 2.74 bits per heavy atom. The zero-order valence-corrected chi connectivity index (χ0v) is 12.5. The number of nitrogens with one attached hydrogen (secondary N) is 1. The van der Waals surface area contributed by atoms with Crippen LogP contribution in [0.3, 0.4) is 0 Å². The van der Waals surface area contributed by atoms with E-state index in [4.69, 9.17) is 28.9 Å². The lowest BCUT2D eigenvalue weighted by Crippen LogP contribution is -2.23. The van der Waals surface area contributed by atoms with Gasteiger partial charge in [0.1, 0.15) is 0 Å². The van der Waals surface area contributed by atoms with Crippen LogP contribution >= 0.6 is 34.5 Å². The molecule has 3 nitrogen and oxygen atoms in total. The zero-order chi connectivity index (χ0) is 14.0. The standard InChI is InChI=1S/C13H12Cl2N2OS/c1-7-5-19-6-8(7)4-17-13(18)10-2-9(16)3-11(14)12(10)15/h2-3,5-6H,4,16H2,1H3,(H,17,18). The molecular formula is C13H12Cl2N2OS. The van der Waals surface area contributed by atoms with Crippen LogP contribution in [0.4, 0.5) is 5.69 Å². The molecule has 19 heavy (non-hydrogen) atoms. The largest absolute Gasteiger partial charge is 0.399 e. The third-order valence-corrected chi connectivity index (χ3v) is 4.41. The van der Waals surface area contributed by atoms with Crippen LogP contribution in [0.25, 0.3) is 0 Å². The van der Waals surface area contributed by atoms with Crippen molar-refractivity contribution in [2.45, 2.75) is 13.5 Å². The summed E-state index contributed by atoms with van der Waals surface area (Å²) in [6, 6.07) is 3.04. The summed E-state index contributed by atoms with van der Waals surface area (Å²) in [7, 11) is 0. The first kappa shape index (κ1) is 14.2. The lowest BCUT2D eigenvalue weighted by Gasteiger charge is -2.08. The van der Waals surface area contributed by atoms with Gasteiger partial charge in [-0.1, -0.05) is 23.2 Å². The second-order valence-corrected chi connectivity index (χ2v) is 5.66. The topological polar surface area (TPSA) is 55.1 Å². The van der Waals surface area contributed by atoms with E-state index in [1.165, 1.54) is 12.1 Å². The van der Waals surface area contributed by atoms with Gasteiger partial charge in [-0.25, -0.2) is 0 Å². The molecule has 0 aliphatic heterocycles. The van der Waals surface area contributed by atoms with Crippen LogP contribution in [-0.4, -0.2) is 5.91 Å². The van der Waals surface area contributed by atoms with Crippen LogP contribution in [-0.2, 0) is 6.54 Å². The van der Waals surface area contributed by atoms with Gasteiger partial charge in [0, 0.05) is 12.2 Å². The Bertz CT molecular complexity index is 625. The molecule has 0 aliphatic rings. The van der Waals surface area contributed by atoms with E-state index in [0.717, 1.165) is 11.1 Å². The van der Waals surface area contributed by atoms with Crippen molar-refractivity contribution < 1.29 is 4.79 Å². The van der Waals surface area contributed by atoms with Crippen LogP contribution < -0.4 is 11.1 Å². The first-order valence-electron chi connectivity index (χ1n) is 5.53. The molecule has 0 aliphatic carbocycles. The minimum atomic E-state index is -0.287. The number of nitrogens with two attached hydrogens (primary N) is 1. The number of anilines is 1. The van der Waals surface area contributed by atoms with Crippen LogP contribution in [0.2, 0.25) is 10.0 Å². The van der Waals surface area contributed by atoms with Crippen molar-refractivity contribution in [1.29, 1.82) is 0 Å². The van der Waals surface area contributed by atoms with Gasteiger partial charge in [-0.2, -0.15) is 11.3 Å². The summed E-state index contributed by atoms with van der Waals surface area (Å²) < 4.78 is 0. The predicted octanol–water partition coefficient (Wildman–Crippen LogP) is 3.88. The van der Waals surface area contributed by atoms with Crippen molar-refractivity contribution in [3.8, 4) is 0 Å². The van der Waals surface area contributed by atoms with Gasteiger partial charge in [0.15, 0.2) is 0 Å². The fraction of sp³-hybridized carbons (Fsp3) is 0.154. The number of carbonyl (C=O) groups excluding carboxylic acids is 1. The van der Waals surface area contributed by atoms with Gasteiger partial charge in [0.2, 0.25) is 0 Å². The third kappa shape index (κ3) is 3.21. The number of hydrogen-bond donors (Lipinski definition) is 2. The number of amides is 1. The summed E-state index contributed by atoms with van der Waals surface area (Å²) in [5, 5.41) is 7.34. The molecule has 100 valence electrons. The third-order valence-electron chi connectivity index (χ3n) is 2.70. The van der Waals surface area contributed by atoms with Gasteiger partial charge in [-0.05, 0) is 40.9 Å². The summed E-state index contributed by atoms with van der Waals surface area (Å²) in [6.45, 7) is 2.46. The lowest BCUT2D eigenvalue weighted by molar-refractivity contribution is 0.0951. The van der Waals surface area contributed by atoms with Crippen LogP contribution in [0, 0.1) is 6.92 Å². The van der Waals surface area contributed by atoms with Gasteiger partial charge >= 0.3 is 0 Å². The summed E-state index contributed by atoms with van der Waals surface area (Å²) in [6.07, 6.45) is 0. The predicted molar refractivity (Wildman–Crippen MR) is 81.1 cm³/mol. The molecule has 1 aromatic carbocycles. The van der Waals surface area contributed by atoms with E-state index < -0.39 is 0 Å². The fourth-order valence-corrected chi connectivity index (χ4v) is 2.89. The van der Waals surface area contributed by atoms with Crippen molar-refractivity contribution >= 4 is 46.1 Å². The van der Waals surface area contributed by atoms with Gasteiger partial charge in [-0.3, -0.25) is 4.79 Å². The molecule has 1 amide bonds. The molecule has 2 aromatic rings. The van der Waals surface area contributed by atoms with Crippen molar-refractivity contribution in [3.05, 3.63) is 49.6 Å². The number of halogens is 2. The smallest absolute Gasteiger partial charge is 0.253 e. The van der Waals surface area contributed by atoms with E-state index >= 15 is 0 Å². The number of thiophene rings is 1. The van der Waals surface area contributed by atoms with E-state index in [0.29, 0.717) is 17.8 Å². The van der Waals surface area contributed by atoms with Crippen molar-refractivity contribution in [1.82, 2.24) is 5.32 Å². The van der Waals surface area contributed by atoms with E-state index in [-0.39, 0.29) is 16.0 Å². The number of rotatable bonds is 3. The molecule has 3 N–H and O–H groups in total. The number of aryl methyl sites for hydroxylation is 1. The number of nitrogen functional groups attached to an aromatic ring is 1. The van der Waals surface area contributed by atoms with Crippen LogP contribution in [0.15, 0.2) is 22.9 Å². The number of carbonyl (C=O) groups is 1. The molecule has 2 rings (SSSR count). The quantitative estimate of drug-likeness (QED) is 0.845. The highest BCUT2D eigenvalue weighted by Gasteiger charge is 2.14. The molecule has 0 saturated carbocycles. The van der Waals surface area contributed by atoms with Crippen LogP contribution in [0.1, 0.15) is 21.5 Å². The second kappa shape index (κ2) is 5.82. The van der Waals surface area contributed by atoms with Gasteiger partial charge in [0.05, 0.1) is 15.6 Å². The first-order valence-corrected chi connectivity index (χ1v) is 7.23. The van der Waals surface area contributed by atoms with Gasteiger partial charge in [0.25, 0.3) is 5.91 Å². The summed E-state index contributed by atoms with van der Waals surface area (Å²) in [5.74, 6) is -0.287. The maximum Gasteiger partial charge on any atom is 0.253 e. The van der Waals surface area contributed by atoms with Crippen molar-refractivity contribution in [2.75, 3.05) is 5.73 Å². The zero-order valence-electron chi connectivity index (χ0n) is 10.2. The van der Waals surface area contributed by atoms with E-state index in [9.17, 15) is 4.79 Å². The van der Waals surface area contributed by atoms with E-state index in [1.807, 2.05) is 17.7 Å². The monoisotopic (exact) mass is 314 g/mol. The van der Waals surface area contributed by atoms with Crippen molar-refractivity contribution in [3.63, 3.8) is 0 Å². The van der Waals surface area contributed by atoms with Gasteiger partial charge < -0.3 is 11.1 Å². The highest BCUT2D eigenvalue weighted by Crippen LogP contribution is 2.28. The Labute approximate surface area is 125 Å². The Morgan fingerprint density at radius 2 is 2.11 bits per heavy atom. The number of hydrogen-bond acceptors (Lipinski definition) is 3.